The average molecular weight is 207 g/mol. The molecule has 1 N–H and O–H groups in total. The molecule has 1 aliphatic rings. The SMILES string of the molecule is CC1CC(=O)N(Cc2cnc[nH]2)C(=O)C1. The second kappa shape index (κ2) is 3.84. The molecular weight excluding hydrogens is 194 g/mol. The summed E-state index contributed by atoms with van der Waals surface area (Å²) < 4.78 is 0. The number of imidazole rings is 1. The van der Waals surface area contributed by atoms with E-state index in [-0.39, 0.29) is 17.7 Å². The number of likely N-dealkylation sites (tertiary alicyclic amines) is 1. The first-order valence-corrected chi connectivity index (χ1v) is 4.97. The molecule has 0 aromatic carbocycles. The van der Waals surface area contributed by atoms with E-state index in [1.807, 2.05) is 6.92 Å². The monoisotopic (exact) mass is 207 g/mol. The Kier molecular flexibility index (Phi) is 2.53. The number of hydrogen-bond acceptors (Lipinski definition) is 3. The van der Waals surface area contributed by atoms with Crippen LogP contribution < -0.4 is 0 Å². The number of aromatic nitrogens is 2. The predicted molar refractivity (Wildman–Crippen MR) is 52.5 cm³/mol. The maximum Gasteiger partial charge on any atom is 0.229 e. The topological polar surface area (TPSA) is 66.1 Å². The van der Waals surface area contributed by atoms with Crippen molar-refractivity contribution >= 4 is 11.8 Å². The zero-order chi connectivity index (χ0) is 10.8. The number of carbonyl (C=O) groups excluding carboxylic acids is 2. The smallest absolute Gasteiger partial charge is 0.229 e. The van der Waals surface area contributed by atoms with Crippen LogP contribution in [0.15, 0.2) is 12.5 Å². The Labute approximate surface area is 87.5 Å². The van der Waals surface area contributed by atoms with Gasteiger partial charge in [-0.1, -0.05) is 6.92 Å². The molecule has 0 bridgehead atoms. The Bertz CT molecular complexity index is 354. The van der Waals surface area contributed by atoms with Crippen molar-refractivity contribution in [3.63, 3.8) is 0 Å². The first-order chi connectivity index (χ1) is 7.16. The zero-order valence-electron chi connectivity index (χ0n) is 8.56. The van der Waals surface area contributed by atoms with Crippen LogP contribution in [0.2, 0.25) is 0 Å². The minimum Gasteiger partial charge on any atom is -0.347 e. The molecular formula is C10H13N3O2. The lowest BCUT2D eigenvalue weighted by molar-refractivity contribution is -0.150. The van der Waals surface area contributed by atoms with Gasteiger partial charge in [-0.25, -0.2) is 4.98 Å². The Morgan fingerprint density at radius 2 is 2.13 bits per heavy atom. The van der Waals surface area contributed by atoms with Crippen molar-refractivity contribution in [1.29, 1.82) is 0 Å². The standard InChI is InChI=1S/C10H13N3O2/c1-7-2-9(14)13(10(15)3-7)5-8-4-11-6-12-8/h4,6-7H,2-3,5H2,1H3,(H,11,12). The average Bonchev–Trinajstić information content (AvgIpc) is 2.63. The van der Waals surface area contributed by atoms with E-state index in [2.05, 4.69) is 9.97 Å². The molecule has 2 heterocycles. The quantitative estimate of drug-likeness (QED) is 0.726. The fourth-order valence-corrected chi connectivity index (χ4v) is 1.75. The van der Waals surface area contributed by atoms with Crippen molar-refractivity contribution < 1.29 is 9.59 Å². The van der Waals surface area contributed by atoms with Gasteiger partial charge in [-0.2, -0.15) is 0 Å². The molecule has 0 radical (unpaired) electrons. The molecule has 0 saturated carbocycles. The molecule has 2 rings (SSSR count). The maximum absolute atomic E-state index is 11.6. The molecule has 0 unspecified atom stereocenters. The molecule has 1 aliphatic heterocycles. The Balaban J connectivity index is 2.08. The molecule has 80 valence electrons. The molecule has 1 aromatic heterocycles. The summed E-state index contributed by atoms with van der Waals surface area (Å²) in [6.07, 6.45) is 4.08. The highest BCUT2D eigenvalue weighted by Crippen LogP contribution is 2.19. The Morgan fingerprint density at radius 3 is 2.67 bits per heavy atom. The van der Waals surface area contributed by atoms with Crippen molar-refractivity contribution in [3.05, 3.63) is 18.2 Å². The molecule has 1 saturated heterocycles. The third-order valence-corrected chi connectivity index (χ3v) is 2.53. The van der Waals surface area contributed by atoms with Crippen LogP contribution in [-0.4, -0.2) is 26.7 Å². The number of amides is 2. The molecule has 1 aromatic rings. The van der Waals surface area contributed by atoms with Crippen LogP contribution >= 0.6 is 0 Å². The number of imide groups is 1. The first-order valence-electron chi connectivity index (χ1n) is 4.97. The van der Waals surface area contributed by atoms with Gasteiger partial charge < -0.3 is 4.98 Å². The first kappa shape index (κ1) is 9.89. The lowest BCUT2D eigenvalue weighted by Gasteiger charge is -2.27. The predicted octanol–water partition coefficient (Wildman–Crippen LogP) is 0.695. The maximum atomic E-state index is 11.6. The Hall–Kier alpha value is -1.65. The van der Waals surface area contributed by atoms with E-state index in [4.69, 9.17) is 0 Å². The van der Waals surface area contributed by atoms with Gasteiger partial charge in [0, 0.05) is 19.0 Å². The second-order valence-electron chi connectivity index (χ2n) is 3.96. The number of rotatable bonds is 2. The molecule has 0 aliphatic carbocycles. The summed E-state index contributed by atoms with van der Waals surface area (Å²) in [5, 5.41) is 0. The lowest BCUT2D eigenvalue weighted by Crippen LogP contribution is -2.42. The van der Waals surface area contributed by atoms with Gasteiger partial charge in [0.15, 0.2) is 0 Å². The van der Waals surface area contributed by atoms with Crippen LogP contribution in [0.5, 0.6) is 0 Å². The third kappa shape index (κ3) is 2.06. The van der Waals surface area contributed by atoms with E-state index in [9.17, 15) is 9.59 Å². The highest BCUT2D eigenvalue weighted by molar-refractivity contribution is 5.97. The number of carbonyl (C=O) groups is 2. The minimum absolute atomic E-state index is 0.0895. The summed E-state index contributed by atoms with van der Waals surface area (Å²) in [6.45, 7) is 2.23. The molecule has 0 spiro atoms. The van der Waals surface area contributed by atoms with Gasteiger partial charge in [0.25, 0.3) is 0 Å². The van der Waals surface area contributed by atoms with E-state index < -0.39 is 0 Å². The molecule has 1 fully saturated rings. The van der Waals surface area contributed by atoms with E-state index in [0.717, 1.165) is 5.69 Å². The van der Waals surface area contributed by atoms with Crippen molar-refractivity contribution in [3.8, 4) is 0 Å². The fraction of sp³-hybridized carbons (Fsp3) is 0.500. The molecule has 0 atom stereocenters. The van der Waals surface area contributed by atoms with Crippen molar-refractivity contribution in [2.75, 3.05) is 0 Å². The second-order valence-corrected chi connectivity index (χ2v) is 3.96. The number of nitrogens with one attached hydrogen (secondary N) is 1. The fourth-order valence-electron chi connectivity index (χ4n) is 1.75. The van der Waals surface area contributed by atoms with Crippen LogP contribution in [0, 0.1) is 5.92 Å². The van der Waals surface area contributed by atoms with Crippen molar-refractivity contribution in [1.82, 2.24) is 14.9 Å². The molecule has 5 heteroatoms. The minimum atomic E-state index is -0.0895. The summed E-state index contributed by atoms with van der Waals surface area (Å²) in [5.41, 5.74) is 0.784. The summed E-state index contributed by atoms with van der Waals surface area (Å²) in [5.74, 6) is -0.00952. The van der Waals surface area contributed by atoms with Gasteiger partial charge in [0.1, 0.15) is 0 Å². The van der Waals surface area contributed by atoms with Crippen LogP contribution in [0.4, 0.5) is 0 Å². The van der Waals surface area contributed by atoms with Gasteiger partial charge in [-0.05, 0) is 5.92 Å². The van der Waals surface area contributed by atoms with Gasteiger partial charge >= 0.3 is 0 Å². The van der Waals surface area contributed by atoms with Crippen LogP contribution in [-0.2, 0) is 16.1 Å². The number of aromatic amines is 1. The van der Waals surface area contributed by atoms with Gasteiger partial charge in [0.2, 0.25) is 11.8 Å². The summed E-state index contributed by atoms with van der Waals surface area (Å²) >= 11 is 0. The van der Waals surface area contributed by atoms with Gasteiger partial charge in [0.05, 0.1) is 18.6 Å². The highest BCUT2D eigenvalue weighted by Gasteiger charge is 2.30. The number of piperidine rings is 1. The molecule has 5 nitrogen and oxygen atoms in total. The Morgan fingerprint density at radius 1 is 1.47 bits per heavy atom. The number of hydrogen-bond donors (Lipinski definition) is 1. The van der Waals surface area contributed by atoms with Crippen molar-refractivity contribution in [2.24, 2.45) is 5.92 Å². The zero-order valence-corrected chi connectivity index (χ0v) is 8.56. The van der Waals surface area contributed by atoms with Gasteiger partial charge in [-0.15, -0.1) is 0 Å². The van der Waals surface area contributed by atoms with E-state index in [0.29, 0.717) is 19.4 Å². The van der Waals surface area contributed by atoms with Crippen molar-refractivity contribution in [2.45, 2.75) is 26.3 Å². The third-order valence-electron chi connectivity index (χ3n) is 2.53. The van der Waals surface area contributed by atoms with Crippen LogP contribution in [0.25, 0.3) is 0 Å². The molecule has 15 heavy (non-hydrogen) atoms. The number of H-pyrrole nitrogens is 1. The largest absolute Gasteiger partial charge is 0.347 e. The van der Waals surface area contributed by atoms with Gasteiger partial charge in [-0.3, -0.25) is 14.5 Å². The number of nitrogens with zero attached hydrogens (tertiary/aromatic N) is 2. The summed E-state index contributed by atoms with van der Waals surface area (Å²) in [6, 6.07) is 0. The van der Waals surface area contributed by atoms with Crippen LogP contribution in [0.3, 0.4) is 0 Å². The summed E-state index contributed by atoms with van der Waals surface area (Å²) in [7, 11) is 0. The summed E-state index contributed by atoms with van der Waals surface area (Å²) in [4.78, 5) is 31.3. The highest BCUT2D eigenvalue weighted by atomic mass is 16.2. The van der Waals surface area contributed by atoms with E-state index >= 15 is 0 Å². The van der Waals surface area contributed by atoms with E-state index in [1.165, 1.54) is 11.2 Å². The molecule has 2 amide bonds. The normalized spacial score (nSPS) is 18.6. The van der Waals surface area contributed by atoms with E-state index in [1.54, 1.807) is 6.20 Å². The van der Waals surface area contributed by atoms with Crippen LogP contribution in [0.1, 0.15) is 25.5 Å². The lowest BCUT2D eigenvalue weighted by atomic mass is 9.98.